The maximum absolute atomic E-state index is 13.8. The van der Waals surface area contributed by atoms with Gasteiger partial charge in [0.1, 0.15) is 6.07 Å². The highest BCUT2D eigenvalue weighted by molar-refractivity contribution is 9.10. The van der Waals surface area contributed by atoms with Crippen LogP contribution in [-0.2, 0) is 9.53 Å². The number of halogens is 2. The van der Waals surface area contributed by atoms with Crippen molar-refractivity contribution in [3.8, 4) is 23.3 Å². The van der Waals surface area contributed by atoms with E-state index in [1.54, 1.807) is 36.4 Å². The van der Waals surface area contributed by atoms with Crippen LogP contribution in [-0.4, -0.2) is 37.5 Å². The van der Waals surface area contributed by atoms with E-state index >= 15 is 0 Å². The minimum atomic E-state index is -0.803. The van der Waals surface area contributed by atoms with Gasteiger partial charge in [0.05, 0.1) is 46.0 Å². The van der Waals surface area contributed by atoms with E-state index in [1.165, 1.54) is 29.2 Å². The molecule has 39 heavy (non-hydrogen) atoms. The van der Waals surface area contributed by atoms with Crippen molar-refractivity contribution in [1.82, 2.24) is 4.57 Å². The second-order valence-corrected chi connectivity index (χ2v) is 10.3. The summed E-state index contributed by atoms with van der Waals surface area (Å²) in [4.78, 5) is 31.3. The van der Waals surface area contributed by atoms with Crippen molar-refractivity contribution in [2.45, 2.75) is 19.9 Å². The Morgan fingerprint density at radius 1 is 1.21 bits per heavy atom. The van der Waals surface area contributed by atoms with Gasteiger partial charge in [0.25, 0.3) is 5.56 Å². The van der Waals surface area contributed by atoms with Crippen LogP contribution in [0.25, 0.3) is 6.08 Å². The van der Waals surface area contributed by atoms with Gasteiger partial charge < -0.3 is 18.9 Å². The Labute approximate surface area is 241 Å². The summed E-state index contributed by atoms with van der Waals surface area (Å²) in [5.74, 6) is 0.788. The van der Waals surface area contributed by atoms with E-state index in [1.807, 2.05) is 19.9 Å². The van der Waals surface area contributed by atoms with Crippen LogP contribution in [0.5, 0.6) is 17.2 Å². The topological polar surface area (TPSA) is 112 Å². The lowest BCUT2D eigenvalue weighted by molar-refractivity contribution is -0.136. The van der Waals surface area contributed by atoms with E-state index in [-0.39, 0.29) is 22.8 Å². The number of hydrogen-bond acceptors (Lipinski definition) is 9. The number of hydrogen-bond donors (Lipinski definition) is 0. The summed E-state index contributed by atoms with van der Waals surface area (Å²) in [7, 11) is 1.28. The molecule has 2 aromatic carbocycles. The molecule has 1 atom stereocenters. The third-order valence-corrected chi connectivity index (χ3v) is 7.47. The third-order valence-electron chi connectivity index (χ3n) is 5.61. The molecule has 9 nitrogen and oxygen atoms in total. The molecule has 0 aliphatic carbocycles. The molecule has 3 aromatic rings. The molecule has 1 aliphatic rings. The van der Waals surface area contributed by atoms with Crippen LogP contribution in [0.3, 0.4) is 0 Å². The van der Waals surface area contributed by atoms with Gasteiger partial charge in [0.2, 0.25) is 0 Å². The quantitative estimate of drug-likeness (QED) is 0.326. The van der Waals surface area contributed by atoms with Crippen LogP contribution in [0.15, 0.2) is 56.4 Å². The van der Waals surface area contributed by atoms with Crippen LogP contribution in [0.1, 0.15) is 31.0 Å². The van der Waals surface area contributed by atoms with E-state index in [0.29, 0.717) is 55.4 Å². The molecule has 0 amide bonds. The van der Waals surface area contributed by atoms with Crippen molar-refractivity contribution >= 4 is 50.9 Å². The number of ether oxygens (including phenoxy) is 4. The van der Waals surface area contributed by atoms with Gasteiger partial charge in [-0.2, -0.15) is 5.26 Å². The summed E-state index contributed by atoms with van der Waals surface area (Å²) >= 11 is 10.9. The molecule has 0 spiro atoms. The number of carbonyl (C=O) groups is 1. The first kappa shape index (κ1) is 28.4. The number of methoxy groups -OCH3 is 1. The van der Waals surface area contributed by atoms with Gasteiger partial charge >= 0.3 is 5.97 Å². The summed E-state index contributed by atoms with van der Waals surface area (Å²) in [6, 6.07) is 9.76. The number of aromatic nitrogens is 1. The Balaban J connectivity index is 1.87. The fourth-order valence-corrected chi connectivity index (χ4v) is 6.00. The third kappa shape index (κ3) is 5.88. The minimum absolute atomic E-state index is 0.157. The smallest absolute Gasteiger partial charge is 0.337 e. The highest BCUT2D eigenvalue weighted by atomic mass is 79.9. The lowest BCUT2D eigenvalue weighted by Gasteiger charge is -2.23. The van der Waals surface area contributed by atoms with Crippen LogP contribution in [0, 0.1) is 11.3 Å². The Morgan fingerprint density at radius 3 is 2.62 bits per heavy atom. The van der Waals surface area contributed by atoms with Crippen molar-refractivity contribution in [3.63, 3.8) is 0 Å². The Morgan fingerprint density at radius 2 is 1.95 bits per heavy atom. The molecule has 1 aliphatic heterocycles. The van der Waals surface area contributed by atoms with E-state index in [2.05, 4.69) is 20.9 Å². The van der Waals surface area contributed by atoms with Gasteiger partial charge in [-0.1, -0.05) is 29.0 Å². The molecule has 0 saturated carbocycles. The number of thiazole rings is 1. The number of nitrogens with zero attached hydrogens (tertiary/aromatic N) is 3. The van der Waals surface area contributed by atoms with Gasteiger partial charge in [0.15, 0.2) is 28.7 Å². The van der Waals surface area contributed by atoms with Crippen LogP contribution < -0.4 is 29.1 Å². The summed E-state index contributed by atoms with van der Waals surface area (Å²) in [6.45, 7) is 4.43. The van der Waals surface area contributed by atoms with E-state index in [4.69, 9.17) is 35.8 Å². The molecule has 1 aromatic heterocycles. The first-order valence-corrected chi connectivity index (χ1v) is 13.8. The molecule has 12 heteroatoms. The van der Waals surface area contributed by atoms with E-state index in [0.717, 1.165) is 0 Å². The largest absolute Gasteiger partial charge is 0.490 e. The lowest BCUT2D eigenvalue weighted by Crippen LogP contribution is -2.39. The van der Waals surface area contributed by atoms with E-state index in [9.17, 15) is 9.59 Å². The van der Waals surface area contributed by atoms with Crippen LogP contribution >= 0.6 is 38.9 Å². The summed E-state index contributed by atoms with van der Waals surface area (Å²) in [5, 5.41) is 9.07. The number of fused-ring (bicyclic) bond motifs is 1. The average molecular weight is 633 g/mol. The first-order chi connectivity index (χ1) is 18.8. The molecular formula is C27H23BrClN3O6S. The van der Waals surface area contributed by atoms with Crippen molar-refractivity contribution in [2.24, 2.45) is 4.99 Å². The van der Waals surface area contributed by atoms with E-state index < -0.39 is 12.0 Å². The highest BCUT2D eigenvalue weighted by Gasteiger charge is 2.31. The van der Waals surface area contributed by atoms with Crippen molar-refractivity contribution in [3.05, 3.63) is 82.4 Å². The second-order valence-electron chi connectivity index (χ2n) is 8.01. The first-order valence-electron chi connectivity index (χ1n) is 11.8. The average Bonchev–Trinajstić information content (AvgIpc) is 3.23. The zero-order valence-corrected chi connectivity index (χ0v) is 24.4. The van der Waals surface area contributed by atoms with Crippen LogP contribution in [0.2, 0.25) is 5.02 Å². The molecule has 0 unspecified atom stereocenters. The molecule has 0 N–H and O–H groups in total. The van der Waals surface area contributed by atoms with Gasteiger partial charge in [-0.25, -0.2) is 9.79 Å². The summed E-state index contributed by atoms with van der Waals surface area (Å²) < 4.78 is 24.2. The monoisotopic (exact) mass is 631 g/mol. The highest BCUT2D eigenvalue weighted by Crippen LogP contribution is 2.36. The standard InChI is InChI=1S/C27H23BrClN3O6S/c1-4-36-20-7-6-16(13-21(20)37-5-2)23-17(26(34)35-3)14-31-27-32(23)25(33)22(39-27)12-15-10-18(28)24(19(29)11-15)38-9-8-30/h6-7,10-14,23H,4-5,9H2,1-3H3/b22-12-/t23-/m1/s1. The van der Waals surface area contributed by atoms with Gasteiger partial charge in [-0.15, -0.1) is 0 Å². The molecule has 4 rings (SSSR count). The number of benzene rings is 2. The maximum Gasteiger partial charge on any atom is 0.337 e. The number of rotatable bonds is 9. The number of esters is 1. The normalized spacial score (nSPS) is 14.5. The fraction of sp³-hybridized carbons (Fsp3) is 0.259. The molecule has 0 fully saturated rings. The van der Waals surface area contributed by atoms with Crippen molar-refractivity contribution in [2.75, 3.05) is 26.9 Å². The van der Waals surface area contributed by atoms with Gasteiger partial charge in [-0.05, 0) is 71.2 Å². The molecule has 2 heterocycles. The zero-order chi connectivity index (χ0) is 28.1. The second kappa shape index (κ2) is 12.5. The summed E-state index contributed by atoms with van der Waals surface area (Å²) in [5.41, 5.74) is 1.12. The molecule has 0 radical (unpaired) electrons. The molecular weight excluding hydrogens is 610 g/mol. The van der Waals surface area contributed by atoms with Crippen LogP contribution in [0.4, 0.5) is 0 Å². The Hall–Kier alpha value is -3.59. The van der Waals surface area contributed by atoms with Crippen molar-refractivity contribution in [1.29, 1.82) is 5.26 Å². The predicted octanol–water partition coefficient (Wildman–Crippen LogP) is 4.13. The lowest BCUT2D eigenvalue weighted by atomic mass is 9.97. The minimum Gasteiger partial charge on any atom is -0.490 e. The van der Waals surface area contributed by atoms with Gasteiger partial charge in [-0.3, -0.25) is 9.36 Å². The summed E-state index contributed by atoms with van der Waals surface area (Å²) in [6.07, 6.45) is 3.11. The fourth-order valence-electron chi connectivity index (χ4n) is 4.04. The molecule has 0 saturated heterocycles. The number of carbonyl (C=O) groups excluding carboxylic acids is 1. The van der Waals surface area contributed by atoms with Gasteiger partial charge in [0, 0.05) is 6.20 Å². The number of nitriles is 1. The predicted molar refractivity (Wildman–Crippen MR) is 150 cm³/mol. The van der Waals surface area contributed by atoms with Crippen molar-refractivity contribution < 1.29 is 23.7 Å². The Bertz CT molecular complexity index is 1650. The molecule has 202 valence electrons. The Kier molecular flexibility index (Phi) is 9.12. The maximum atomic E-state index is 13.8. The zero-order valence-electron chi connectivity index (χ0n) is 21.2. The molecule has 0 bridgehead atoms. The SMILES string of the molecule is CCOc1ccc([C@@H]2C(C(=O)OC)=CN=c3s/c(=C\c4cc(Cl)c(OCC#N)c(Br)c4)c(=O)n32)cc1OCC.